The van der Waals surface area contributed by atoms with E-state index in [1.54, 1.807) is 14.0 Å². The molecule has 4 heteroatoms. The number of carbonyl (C=O) groups is 1. The molecule has 1 rings (SSSR count). The number of rotatable bonds is 8. The van der Waals surface area contributed by atoms with Gasteiger partial charge in [0.1, 0.15) is 5.75 Å². The first-order chi connectivity index (χ1) is 9.95. The Morgan fingerprint density at radius 2 is 2.00 bits per heavy atom. The molecule has 118 valence electrons. The van der Waals surface area contributed by atoms with Crippen molar-refractivity contribution in [2.24, 2.45) is 0 Å². The van der Waals surface area contributed by atoms with Crippen LogP contribution in [0.5, 0.6) is 5.75 Å². The van der Waals surface area contributed by atoms with E-state index in [0.29, 0.717) is 19.1 Å². The zero-order valence-corrected chi connectivity index (χ0v) is 13.7. The molecule has 1 amide bonds. The van der Waals surface area contributed by atoms with Crippen LogP contribution in [0.1, 0.15) is 44.2 Å². The summed E-state index contributed by atoms with van der Waals surface area (Å²) in [5, 5.41) is 2.86. The standard InChI is InChI=1S/C17H27NO3/c1-12(2)15-8-7-13(3)11-16(15)21-14(4)17(19)18-9-6-10-20-5/h7-8,11-12,14H,6,9-10H2,1-5H3,(H,18,19)/t14-/m1/s1. The molecule has 0 unspecified atom stereocenters. The first-order valence-electron chi connectivity index (χ1n) is 7.49. The molecule has 1 aromatic carbocycles. The highest BCUT2D eigenvalue weighted by Crippen LogP contribution is 2.28. The highest BCUT2D eigenvalue weighted by atomic mass is 16.5. The second-order valence-corrected chi connectivity index (χ2v) is 5.59. The van der Waals surface area contributed by atoms with Crippen molar-refractivity contribution in [2.75, 3.05) is 20.3 Å². The van der Waals surface area contributed by atoms with Gasteiger partial charge in [0.2, 0.25) is 0 Å². The molecule has 0 aliphatic rings. The highest BCUT2D eigenvalue weighted by molar-refractivity contribution is 5.80. The van der Waals surface area contributed by atoms with E-state index >= 15 is 0 Å². The van der Waals surface area contributed by atoms with Crippen molar-refractivity contribution in [1.29, 1.82) is 0 Å². The quantitative estimate of drug-likeness (QED) is 0.749. The molecular weight excluding hydrogens is 266 g/mol. The summed E-state index contributed by atoms with van der Waals surface area (Å²) in [6.07, 6.45) is 0.295. The number of aryl methyl sites for hydroxylation is 1. The molecule has 0 aromatic heterocycles. The van der Waals surface area contributed by atoms with Crippen LogP contribution in [0.4, 0.5) is 0 Å². The summed E-state index contributed by atoms with van der Waals surface area (Å²) in [6.45, 7) is 9.28. The minimum absolute atomic E-state index is 0.0951. The maximum absolute atomic E-state index is 12.0. The van der Waals surface area contributed by atoms with Crippen molar-refractivity contribution in [3.8, 4) is 5.75 Å². The molecule has 1 aromatic rings. The Morgan fingerprint density at radius 1 is 1.29 bits per heavy atom. The first kappa shape index (κ1) is 17.5. The molecule has 0 heterocycles. The Labute approximate surface area is 127 Å². The van der Waals surface area contributed by atoms with Crippen molar-refractivity contribution in [1.82, 2.24) is 5.32 Å². The summed E-state index contributed by atoms with van der Waals surface area (Å²) < 4.78 is 10.8. The monoisotopic (exact) mass is 293 g/mol. The van der Waals surface area contributed by atoms with Gasteiger partial charge in [0.05, 0.1) is 0 Å². The van der Waals surface area contributed by atoms with E-state index in [-0.39, 0.29) is 5.91 Å². The van der Waals surface area contributed by atoms with E-state index in [0.717, 1.165) is 23.3 Å². The van der Waals surface area contributed by atoms with Gasteiger partial charge >= 0.3 is 0 Å². The number of benzene rings is 1. The van der Waals surface area contributed by atoms with Crippen LogP contribution in [0.25, 0.3) is 0 Å². The zero-order chi connectivity index (χ0) is 15.8. The molecule has 21 heavy (non-hydrogen) atoms. The van der Waals surface area contributed by atoms with Gasteiger partial charge in [0.25, 0.3) is 5.91 Å². The number of nitrogens with one attached hydrogen (secondary N) is 1. The van der Waals surface area contributed by atoms with Gasteiger partial charge in [-0.1, -0.05) is 26.0 Å². The fourth-order valence-electron chi connectivity index (χ4n) is 2.04. The van der Waals surface area contributed by atoms with Crippen LogP contribution in [0.3, 0.4) is 0 Å². The topological polar surface area (TPSA) is 47.6 Å². The molecular formula is C17H27NO3. The van der Waals surface area contributed by atoms with Gasteiger partial charge in [-0.25, -0.2) is 0 Å². The van der Waals surface area contributed by atoms with Crippen LogP contribution in [-0.4, -0.2) is 32.3 Å². The predicted octanol–water partition coefficient (Wildman–Crippen LogP) is 3.04. The minimum Gasteiger partial charge on any atom is -0.481 e. The van der Waals surface area contributed by atoms with Crippen LogP contribution >= 0.6 is 0 Å². The van der Waals surface area contributed by atoms with Crippen molar-refractivity contribution >= 4 is 5.91 Å². The fraction of sp³-hybridized carbons (Fsp3) is 0.588. The number of carbonyl (C=O) groups excluding carboxylic acids is 1. The molecule has 0 bridgehead atoms. The molecule has 0 saturated heterocycles. The Balaban J connectivity index is 2.63. The van der Waals surface area contributed by atoms with E-state index in [9.17, 15) is 4.79 Å². The lowest BCUT2D eigenvalue weighted by molar-refractivity contribution is -0.127. The summed E-state index contributed by atoms with van der Waals surface area (Å²) in [5.41, 5.74) is 2.25. The van der Waals surface area contributed by atoms with Gasteiger partial charge < -0.3 is 14.8 Å². The fourth-order valence-corrected chi connectivity index (χ4v) is 2.04. The maximum atomic E-state index is 12.0. The summed E-state index contributed by atoms with van der Waals surface area (Å²) in [4.78, 5) is 12.0. The largest absolute Gasteiger partial charge is 0.481 e. The molecule has 0 aliphatic heterocycles. The molecule has 0 spiro atoms. The number of methoxy groups -OCH3 is 1. The third-order valence-electron chi connectivity index (χ3n) is 3.29. The molecule has 0 saturated carbocycles. The van der Waals surface area contributed by atoms with E-state index in [1.165, 1.54) is 0 Å². The predicted molar refractivity (Wildman–Crippen MR) is 84.9 cm³/mol. The maximum Gasteiger partial charge on any atom is 0.260 e. The number of ether oxygens (including phenoxy) is 2. The molecule has 0 fully saturated rings. The number of amides is 1. The van der Waals surface area contributed by atoms with Gasteiger partial charge in [0, 0.05) is 20.3 Å². The van der Waals surface area contributed by atoms with E-state index in [2.05, 4.69) is 31.3 Å². The number of hydrogen-bond donors (Lipinski definition) is 1. The second kappa shape index (κ2) is 8.67. The zero-order valence-electron chi connectivity index (χ0n) is 13.7. The van der Waals surface area contributed by atoms with Gasteiger partial charge in [-0.3, -0.25) is 4.79 Å². The van der Waals surface area contributed by atoms with E-state index in [4.69, 9.17) is 9.47 Å². The lowest BCUT2D eigenvalue weighted by atomic mass is 10.0. The highest BCUT2D eigenvalue weighted by Gasteiger charge is 2.17. The molecule has 4 nitrogen and oxygen atoms in total. The first-order valence-corrected chi connectivity index (χ1v) is 7.49. The lowest BCUT2D eigenvalue weighted by Crippen LogP contribution is -2.37. The normalized spacial score (nSPS) is 12.3. The third-order valence-corrected chi connectivity index (χ3v) is 3.29. The van der Waals surface area contributed by atoms with Gasteiger partial charge in [0.15, 0.2) is 6.10 Å². The summed E-state index contributed by atoms with van der Waals surface area (Å²) in [5.74, 6) is 1.06. The van der Waals surface area contributed by atoms with Gasteiger partial charge in [-0.05, 0) is 43.4 Å². The van der Waals surface area contributed by atoms with Crippen LogP contribution < -0.4 is 10.1 Å². The summed E-state index contributed by atoms with van der Waals surface area (Å²) >= 11 is 0. The summed E-state index contributed by atoms with van der Waals surface area (Å²) in [7, 11) is 1.65. The van der Waals surface area contributed by atoms with Crippen LogP contribution in [0.15, 0.2) is 18.2 Å². The number of hydrogen-bond acceptors (Lipinski definition) is 3. The summed E-state index contributed by atoms with van der Waals surface area (Å²) in [6, 6.07) is 6.13. The average molecular weight is 293 g/mol. The van der Waals surface area contributed by atoms with Crippen molar-refractivity contribution < 1.29 is 14.3 Å². The molecule has 1 atom stereocenters. The third kappa shape index (κ3) is 5.76. The smallest absolute Gasteiger partial charge is 0.260 e. The second-order valence-electron chi connectivity index (χ2n) is 5.59. The van der Waals surface area contributed by atoms with E-state index < -0.39 is 6.10 Å². The Morgan fingerprint density at radius 3 is 2.62 bits per heavy atom. The van der Waals surface area contributed by atoms with E-state index in [1.807, 2.05) is 13.0 Å². The van der Waals surface area contributed by atoms with Crippen molar-refractivity contribution in [3.63, 3.8) is 0 Å². The van der Waals surface area contributed by atoms with Crippen molar-refractivity contribution in [3.05, 3.63) is 29.3 Å². The molecule has 0 aliphatic carbocycles. The SMILES string of the molecule is COCCCNC(=O)[C@@H](C)Oc1cc(C)ccc1C(C)C. The van der Waals surface area contributed by atoms with Crippen molar-refractivity contribution in [2.45, 2.75) is 46.1 Å². The molecule has 0 radical (unpaired) electrons. The Kier molecular flexibility index (Phi) is 7.23. The van der Waals surface area contributed by atoms with Crippen LogP contribution in [0, 0.1) is 6.92 Å². The molecule has 1 N–H and O–H groups in total. The van der Waals surface area contributed by atoms with Crippen LogP contribution in [0.2, 0.25) is 0 Å². The minimum atomic E-state index is -0.508. The van der Waals surface area contributed by atoms with Crippen LogP contribution in [-0.2, 0) is 9.53 Å². The Bertz CT molecular complexity index is 457. The van der Waals surface area contributed by atoms with Gasteiger partial charge in [-0.2, -0.15) is 0 Å². The average Bonchev–Trinajstić information content (AvgIpc) is 2.43. The Hall–Kier alpha value is -1.55. The lowest BCUT2D eigenvalue weighted by Gasteiger charge is -2.19. The van der Waals surface area contributed by atoms with Gasteiger partial charge in [-0.15, -0.1) is 0 Å².